The second-order valence-electron chi connectivity index (χ2n) is 5.39. The van der Waals surface area contributed by atoms with Crippen LogP contribution in [-0.4, -0.2) is 34.6 Å². The number of carboxylic acid groups (broad SMARTS) is 1. The molecule has 1 aliphatic carbocycles. The van der Waals surface area contributed by atoms with E-state index < -0.39 is 22.7 Å². The van der Waals surface area contributed by atoms with Crippen LogP contribution in [0.4, 0.5) is 5.69 Å². The third kappa shape index (κ3) is 3.97. The van der Waals surface area contributed by atoms with Crippen molar-refractivity contribution in [3.8, 4) is 5.75 Å². The highest BCUT2D eigenvalue weighted by Crippen LogP contribution is 2.28. The summed E-state index contributed by atoms with van der Waals surface area (Å²) in [6.45, 7) is 2.15. The van der Waals surface area contributed by atoms with E-state index in [4.69, 9.17) is 9.84 Å². The van der Waals surface area contributed by atoms with Crippen LogP contribution in [0.15, 0.2) is 18.2 Å². The van der Waals surface area contributed by atoms with E-state index in [0.29, 0.717) is 31.6 Å². The Hall–Kier alpha value is -2.64. The summed E-state index contributed by atoms with van der Waals surface area (Å²) in [5.41, 5.74) is -0.390. The van der Waals surface area contributed by atoms with Gasteiger partial charge in [-0.3, -0.25) is 19.7 Å². The number of nitrogens with one attached hydrogen (secondary N) is 1. The largest absolute Gasteiger partial charge is 0.494 e. The average Bonchev–Trinajstić information content (AvgIpc) is 2.96. The number of benzene rings is 1. The molecule has 0 aliphatic heterocycles. The topological polar surface area (TPSA) is 119 Å². The molecule has 2 N–H and O–H groups in total. The van der Waals surface area contributed by atoms with Crippen molar-refractivity contribution in [2.45, 2.75) is 32.2 Å². The lowest BCUT2D eigenvalue weighted by molar-refractivity contribution is -0.385. The number of carbonyl (C=O) groups is 2. The summed E-state index contributed by atoms with van der Waals surface area (Å²) in [7, 11) is 0. The first-order valence-electron chi connectivity index (χ1n) is 7.37. The van der Waals surface area contributed by atoms with Gasteiger partial charge in [-0.05, 0) is 38.3 Å². The van der Waals surface area contributed by atoms with Crippen molar-refractivity contribution in [2.24, 2.45) is 5.92 Å². The van der Waals surface area contributed by atoms with Gasteiger partial charge in [0.1, 0.15) is 11.3 Å². The van der Waals surface area contributed by atoms with Crippen LogP contribution >= 0.6 is 0 Å². The van der Waals surface area contributed by atoms with Gasteiger partial charge < -0.3 is 15.2 Å². The Kier molecular flexibility index (Phi) is 5.15. The molecule has 2 rings (SSSR count). The second kappa shape index (κ2) is 7.08. The molecule has 23 heavy (non-hydrogen) atoms. The van der Waals surface area contributed by atoms with Crippen LogP contribution in [0.25, 0.3) is 0 Å². The first-order valence-corrected chi connectivity index (χ1v) is 7.37. The second-order valence-corrected chi connectivity index (χ2v) is 5.39. The maximum atomic E-state index is 12.3. The van der Waals surface area contributed by atoms with E-state index in [1.807, 2.05) is 0 Å². The van der Waals surface area contributed by atoms with E-state index in [-0.39, 0.29) is 17.3 Å². The van der Waals surface area contributed by atoms with Crippen molar-refractivity contribution in [2.75, 3.05) is 6.61 Å². The quantitative estimate of drug-likeness (QED) is 0.610. The monoisotopic (exact) mass is 322 g/mol. The van der Waals surface area contributed by atoms with Crippen LogP contribution in [0.2, 0.25) is 0 Å². The smallest absolute Gasteiger partial charge is 0.306 e. The third-order valence-corrected chi connectivity index (χ3v) is 3.84. The van der Waals surface area contributed by atoms with E-state index in [2.05, 4.69) is 5.32 Å². The molecule has 0 aromatic heterocycles. The van der Waals surface area contributed by atoms with Crippen molar-refractivity contribution in [3.63, 3.8) is 0 Å². The molecule has 0 radical (unpaired) electrons. The zero-order valence-corrected chi connectivity index (χ0v) is 12.7. The first kappa shape index (κ1) is 16.7. The number of nitro benzene ring substituents is 1. The molecule has 8 heteroatoms. The Morgan fingerprint density at radius 2 is 2.17 bits per heavy atom. The minimum Gasteiger partial charge on any atom is -0.494 e. The molecule has 0 spiro atoms. The predicted octanol–water partition coefficient (Wildman–Crippen LogP) is 1.98. The highest BCUT2D eigenvalue weighted by atomic mass is 16.6. The van der Waals surface area contributed by atoms with E-state index in [1.165, 1.54) is 18.2 Å². The lowest BCUT2D eigenvalue weighted by atomic mass is 10.1. The molecule has 0 bridgehead atoms. The van der Waals surface area contributed by atoms with Crippen molar-refractivity contribution in [3.05, 3.63) is 33.9 Å². The molecule has 1 amide bonds. The summed E-state index contributed by atoms with van der Waals surface area (Å²) >= 11 is 0. The maximum Gasteiger partial charge on any atom is 0.306 e. The number of hydrogen-bond acceptors (Lipinski definition) is 5. The number of nitrogens with zero attached hydrogens (tertiary/aromatic N) is 1. The molecule has 0 unspecified atom stereocenters. The summed E-state index contributed by atoms with van der Waals surface area (Å²) in [4.78, 5) is 33.7. The van der Waals surface area contributed by atoms with Gasteiger partial charge in [-0.25, -0.2) is 0 Å². The number of hydrogen-bond donors (Lipinski definition) is 2. The zero-order chi connectivity index (χ0) is 17.0. The number of nitro groups is 1. The highest BCUT2D eigenvalue weighted by Gasteiger charge is 2.32. The fourth-order valence-electron chi connectivity index (χ4n) is 2.71. The van der Waals surface area contributed by atoms with Gasteiger partial charge in [0, 0.05) is 12.1 Å². The summed E-state index contributed by atoms with van der Waals surface area (Å²) in [5.74, 6) is -1.58. The summed E-state index contributed by atoms with van der Waals surface area (Å²) in [6.07, 6.45) is 1.36. The molecule has 8 nitrogen and oxygen atoms in total. The number of ether oxygens (including phenoxy) is 1. The predicted molar refractivity (Wildman–Crippen MR) is 80.5 cm³/mol. The fraction of sp³-hybridized carbons (Fsp3) is 0.467. The molecule has 1 saturated carbocycles. The Labute approximate surface area is 132 Å². The molecule has 1 aromatic rings. The fourth-order valence-corrected chi connectivity index (χ4v) is 2.71. The summed E-state index contributed by atoms with van der Waals surface area (Å²) in [6, 6.07) is 3.71. The maximum absolute atomic E-state index is 12.3. The number of carboxylic acids is 1. The highest BCUT2D eigenvalue weighted by molar-refractivity contribution is 5.98. The molecule has 1 fully saturated rings. The van der Waals surface area contributed by atoms with Crippen LogP contribution in [-0.2, 0) is 4.79 Å². The molecule has 1 aromatic carbocycles. The standard InChI is InChI=1S/C15H18N2O6/c1-2-23-11-5-6-13(17(21)22)12(8-11)14(18)16-10-4-3-9(7-10)15(19)20/h5-6,8-10H,2-4,7H2,1H3,(H,16,18)(H,19,20)/t9-,10+/m1/s1. The van der Waals surface area contributed by atoms with Gasteiger partial charge in [0.15, 0.2) is 0 Å². The number of amides is 1. The van der Waals surface area contributed by atoms with E-state index in [9.17, 15) is 19.7 Å². The molecule has 0 saturated heterocycles. The normalized spacial score (nSPS) is 20.0. The van der Waals surface area contributed by atoms with E-state index >= 15 is 0 Å². The van der Waals surface area contributed by atoms with E-state index in [0.717, 1.165) is 0 Å². The lowest BCUT2D eigenvalue weighted by Gasteiger charge is -2.13. The minimum absolute atomic E-state index is 0.0836. The van der Waals surface area contributed by atoms with Crippen molar-refractivity contribution >= 4 is 17.6 Å². The lowest BCUT2D eigenvalue weighted by Crippen LogP contribution is -2.33. The summed E-state index contributed by atoms with van der Waals surface area (Å²) in [5, 5.41) is 22.7. The Morgan fingerprint density at radius 1 is 1.43 bits per heavy atom. The van der Waals surface area contributed by atoms with Gasteiger partial charge in [-0.1, -0.05) is 0 Å². The first-order chi connectivity index (χ1) is 10.9. The SMILES string of the molecule is CCOc1ccc([N+](=O)[O-])c(C(=O)N[C@H]2CC[C@@H](C(=O)O)C2)c1. The van der Waals surface area contributed by atoms with Crippen molar-refractivity contribution in [1.82, 2.24) is 5.32 Å². The molecule has 2 atom stereocenters. The van der Waals surface area contributed by atoms with E-state index in [1.54, 1.807) is 6.92 Å². The van der Waals surface area contributed by atoms with Crippen molar-refractivity contribution in [1.29, 1.82) is 0 Å². The van der Waals surface area contributed by atoms with Crippen LogP contribution < -0.4 is 10.1 Å². The molecular weight excluding hydrogens is 304 g/mol. The van der Waals surface area contributed by atoms with Crippen LogP contribution in [0.5, 0.6) is 5.75 Å². The van der Waals surface area contributed by atoms with Gasteiger partial charge in [0.05, 0.1) is 17.4 Å². The zero-order valence-electron chi connectivity index (χ0n) is 12.7. The molecular formula is C15H18N2O6. The minimum atomic E-state index is -0.883. The van der Waals surface area contributed by atoms with Crippen molar-refractivity contribution < 1.29 is 24.4 Å². The van der Waals surface area contributed by atoms with Crippen LogP contribution in [0, 0.1) is 16.0 Å². The molecule has 0 heterocycles. The Balaban J connectivity index is 2.16. The number of aliphatic carboxylic acids is 1. The summed E-state index contributed by atoms with van der Waals surface area (Å²) < 4.78 is 5.27. The molecule has 1 aliphatic rings. The van der Waals surface area contributed by atoms with Gasteiger partial charge in [0.2, 0.25) is 0 Å². The van der Waals surface area contributed by atoms with Gasteiger partial charge >= 0.3 is 5.97 Å². The van der Waals surface area contributed by atoms with Gasteiger partial charge in [-0.2, -0.15) is 0 Å². The van der Waals surface area contributed by atoms with Gasteiger partial charge in [0.25, 0.3) is 11.6 Å². The number of carbonyl (C=O) groups excluding carboxylic acids is 1. The van der Waals surface area contributed by atoms with Crippen LogP contribution in [0.3, 0.4) is 0 Å². The Bertz CT molecular complexity index is 630. The molecule has 124 valence electrons. The Morgan fingerprint density at radius 3 is 2.74 bits per heavy atom. The third-order valence-electron chi connectivity index (χ3n) is 3.84. The number of rotatable bonds is 6. The van der Waals surface area contributed by atoms with Crippen LogP contribution in [0.1, 0.15) is 36.5 Å². The van der Waals surface area contributed by atoms with Gasteiger partial charge in [-0.15, -0.1) is 0 Å². The average molecular weight is 322 g/mol.